The van der Waals surface area contributed by atoms with E-state index in [1.165, 1.54) is 23.5 Å². The predicted molar refractivity (Wildman–Crippen MR) is 70.4 cm³/mol. The van der Waals surface area contributed by atoms with Gasteiger partial charge in [0.25, 0.3) is 0 Å². The van der Waals surface area contributed by atoms with E-state index in [-0.39, 0.29) is 5.82 Å². The summed E-state index contributed by atoms with van der Waals surface area (Å²) in [5.41, 5.74) is 6.31. The van der Waals surface area contributed by atoms with E-state index < -0.39 is 0 Å². The molecule has 0 atom stereocenters. The van der Waals surface area contributed by atoms with Gasteiger partial charge in [-0.2, -0.15) is 0 Å². The normalized spacial score (nSPS) is 10.8. The van der Waals surface area contributed by atoms with Crippen LogP contribution in [0.15, 0.2) is 22.7 Å². The molecule has 90 valence electrons. The Morgan fingerprint density at radius 1 is 1.35 bits per heavy atom. The minimum absolute atomic E-state index is 0.270. The monoisotopic (exact) mass is 315 g/mol. The van der Waals surface area contributed by atoms with Crippen LogP contribution in [0.2, 0.25) is 0 Å². The smallest absolute Gasteiger partial charge is 0.148 e. The number of nitrogens with two attached hydrogens (primary N) is 1. The van der Waals surface area contributed by atoms with Gasteiger partial charge in [-0.15, -0.1) is 10.2 Å². The van der Waals surface area contributed by atoms with Gasteiger partial charge in [-0.3, -0.25) is 0 Å². The highest BCUT2D eigenvalue weighted by molar-refractivity contribution is 9.10. The number of hydrogen-bond acceptors (Lipinski definition) is 4. The molecule has 0 amide bonds. The Kier molecular flexibility index (Phi) is 4.20. The lowest BCUT2D eigenvalue weighted by Crippen LogP contribution is -1.99. The van der Waals surface area contributed by atoms with Gasteiger partial charge >= 0.3 is 0 Å². The fourth-order valence-corrected chi connectivity index (χ4v) is 2.97. The molecular formula is C11H11BrFN3S. The number of rotatable bonds is 4. The molecule has 6 heteroatoms. The molecule has 0 saturated carbocycles. The minimum Gasteiger partial charge on any atom is -0.330 e. The molecule has 0 radical (unpaired) electrons. The van der Waals surface area contributed by atoms with E-state index in [4.69, 9.17) is 5.73 Å². The average molecular weight is 316 g/mol. The molecule has 17 heavy (non-hydrogen) atoms. The zero-order valence-electron chi connectivity index (χ0n) is 8.99. The third-order valence-corrected chi connectivity index (χ3v) is 3.90. The standard InChI is InChI=1S/C11H11BrFN3S/c12-9-6-7(13)3-4-8(9)11-16-15-10(17-11)2-1-5-14/h3-4,6H,1-2,5,14H2. The summed E-state index contributed by atoms with van der Waals surface area (Å²) < 4.78 is 13.7. The third kappa shape index (κ3) is 3.08. The van der Waals surface area contributed by atoms with Crippen molar-refractivity contribution in [2.24, 2.45) is 5.73 Å². The number of aromatic nitrogens is 2. The van der Waals surface area contributed by atoms with Gasteiger partial charge in [-0.05, 0) is 47.1 Å². The first-order valence-electron chi connectivity index (χ1n) is 5.18. The molecule has 0 unspecified atom stereocenters. The lowest BCUT2D eigenvalue weighted by atomic mass is 10.2. The van der Waals surface area contributed by atoms with Crippen molar-refractivity contribution < 1.29 is 4.39 Å². The van der Waals surface area contributed by atoms with Gasteiger partial charge in [0.15, 0.2) is 0 Å². The van der Waals surface area contributed by atoms with Gasteiger partial charge in [-0.25, -0.2) is 4.39 Å². The number of benzene rings is 1. The van der Waals surface area contributed by atoms with Crippen LogP contribution in [-0.4, -0.2) is 16.7 Å². The second-order valence-electron chi connectivity index (χ2n) is 3.52. The Labute approximate surface area is 111 Å². The van der Waals surface area contributed by atoms with Crippen LogP contribution >= 0.6 is 27.3 Å². The summed E-state index contributed by atoms with van der Waals surface area (Å²) in [5.74, 6) is -0.270. The molecule has 0 fully saturated rings. The van der Waals surface area contributed by atoms with E-state index in [1.54, 1.807) is 6.07 Å². The van der Waals surface area contributed by atoms with E-state index in [0.717, 1.165) is 28.4 Å². The third-order valence-electron chi connectivity index (χ3n) is 2.22. The van der Waals surface area contributed by atoms with E-state index in [9.17, 15) is 4.39 Å². The van der Waals surface area contributed by atoms with Crippen molar-refractivity contribution in [2.75, 3.05) is 6.54 Å². The average Bonchev–Trinajstić information content (AvgIpc) is 2.75. The van der Waals surface area contributed by atoms with Crippen LogP contribution < -0.4 is 5.73 Å². The van der Waals surface area contributed by atoms with Gasteiger partial charge in [0.1, 0.15) is 15.8 Å². The molecule has 0 aliphatic carbocycles. The Balaban J connectivity index is 2.24. The molecule has 2 rings (SSSR count). The van der Waals surface area contributed by atoms with Crippen LogP contribution in [0, 0.1) is 5.82 Å². The number of nitrogens with zero attached hydrogens (tertiary/aromatic N) is 2. The fourth-order valence-electron chi connectivity index (χ4n) is 1.38. The molecule has 2 N–H and O–H groups in total. The van der Waals surface area contributed by atoms with Crippen LogP contribution in [0.25, 0.3) is 10.6 Å². The van der Waals surface area contributed by atoms with Crippen molar-refractivity contribution in [3.8, 4) is 10.6 Å². The first-order valence-corrected chi connectivity index (χ1v) is 6.79. The van der Waals surface area contributed by atoms with Crippen molar-refractivity contribution in [2.45, 2.75) is 12.8 Å². The van der Waals surface area contributed by atoms with Gasteiger partial charge in [-0.1, -0.05) is 11.3 Å². The second-order valence-corrected chi connectivity index (χ2v) is 5.43. The van der Waals surface area contributed by atoms with Crippen LogP contribution in [0.3, 0.4) is 0 Å². The largest absolute Gasteiger partial charge is 0.330 e. The van der Waals surface area contributed by atoms with E-state index in [1.807, 2.05) is 0 Å². The van der Waals surface area contributed by atoms with Gasteiger partial charge in [0, 0.05) is 16.5 Å². The van der Waals surface area contributed by atoms with Crippen molar-refractivity contribution in [1.82, 2.24) is 10.2 Å². The zero-order chi connectivity index (χ0) is 12.3. The summed E-state index contributed by atoms with van der Waals surface area (Å²) in [5, 5.41) is 9.95. The number of halogens is 2. The molecule has 0 aliphatic heterocycles. The lowest BCUT2D eigenvalue weighted by Gasteiger charge is -1.98. The van der Waals surface area contributed by atoms with Gasteiger partial charge in [0.2, 0.25) is 0 Å². The first-order chi connectivity index (χ1) is 8.20. The Hall–Kier alpha value is -0.850. The minimum atomic E-state index is -0.270. The lowest BCUT2D eigenvalue weighted by molar-refractivity contribution is 0.627. The van der Waals surface area contributed by atoms with Crippen LogP contribution in [-0.2, 0) is 6.42 Å². The Bertz CT molecular complexity index is 515. The maximum absolute atomic E-state index is 13.0. The molecule has 1 aromatic carbocycles. The number of hydrogen-bond donors (Lipinski definition) is 1. The van der Waals surface area contributed by atoms with Crippen molar-refractivity contribution >= 4 is 27.3 Å². The summed E-state index contributed by atoms with van der Waals surface area (Å²) in [6.45, 7) is 0.648. The summed E-state index contributed by atoms with van der Waals surface area (Å²) >= 11 is 4.84. The van der Waals surface area contributed by atoms with Crippen molar-refractivity contribution in [3.63, 3.8) is 0 Å². The Morgan fingerprint density at radius 3 is 2.88 bits per heavy atom. The van der Waals surface area contributed by atoms with Crippen molar-refractivity contribution in [1.29, 1.82) is 0 Å². The van der Waals surface area contributed by atoms with Gasteiger partial charge < -0.3 is 5.73 Å². The van der Waals surface area contributed by atoms with E-state index in [2.05, 4.69) is 26.1 Å². The molecule has 0 aliphatic rings. The fraction of sp³-hybridized carbons (Fsp3) is 0.273. The quantitative estimate of drug-likeness (QED) is 0.943. The van der Waals surface area contributed by atoms with E-state index >= 15 is 0 Å². The summed E-state index contributed by atoms with van der Waals surface area (Å²) in [4.78, 5) is 0. The molecule has 0 saturated heterocycles. The topological polar surface area (TPSA) is 51.8 Å². The first kappa shape index (κ1) is 12.6. The maximum atomic E-state index is 13.0. The molecular weight excluding hydrogens is 305 g/mol. The zero-order valence-corrected chi connectivity index (χ0v) is 11.4. The Morgan fingerprint density at radius 2 is 2.18 bits per heavy atom. The second kappa shape index (κ2) is 5.66. The molecule has 2 aromatic rings. The summed E-state index contributed by atoms with van der Waals surface area (Å²) in [6, 6.07) is 4.55. The number of aryl methyl sites for hydroxylation is 1. The van der Waals surface area contributed by atoms with Crippen LogP contribution in [0.4, 0.5) is 4.39 Å². The van der Waals surface area contributed by atoms with Crippen molar-refractivity contribution in [3.05, 3.63) is 33.5 Å². The molecule has 1 heterocycles. The molecule has 1 aromatic heterocycles. The molecule has 3 nitrogen and oxygen atoms in total. The highest BCUT2D eigenvalue weighted by Crippen LogP contribution is 2.31. The summed E-state index contributed by atoms with van der Waals surface area (Å²) in [7, 11) is 0. The SMILES string of the molecule is NCCCc1nnc(-c2ccc(F)cc2Br)s1. The molecule has 0 spiro atoms. The highest BCUT2D eigenvalue weighted by atomic mass is 79.9. The van der Waals surface area contributed by atoms with Crippen LogP contribution in [0.1, 0.15) is 11.4 Å². The predicted octanol–water partition coefficient (Wildman–Crippen LogP) is 3.00. The highest BCUT2D eigenvalue weighted by Gasteiger charge is 2.10. The van der Waals surface area contributed by atoms with Gasteiger partial charge in [0.05, 0.1) is 0 Å². The van der Waals surface area contributed by atoms with Crippen LogP contribution in [0.5, 0.6) is 0 Å². The maximum Gasteiger partial charge on any atom is 0.148 e. The molecule has 0 bridgehead atoms. The summed E-state index contributed by atoms with van der Waals surface area (Å²) in [6.07, 6.45) is 1.74. The van der Waals surface area contributed by atoms with E-state index in [0.29, 0.717) is 11.0 Å².